The first-order valence-corrected chi connectivity index (χ1v) is 5.23. The monoisotopic (exact) mass is 226 g/mol. The molecule has 0 fully saturated rings. The van der Waals surface area contributed by atoms with Crippen LogP contribution in [0.3, 0.4) is 0 Å². The molecule has 0 atom stereocenters. The zero-order valence-corrected chi connectivity index (χ0v) is 8.98. The maximum atomic E-state index is 9.15. The molecule has 3 rings (SSSR count). The van der Waals surface area contributed by atoms with Crippen molar-refractivity contribution >= 4 is 10.9 Å². The number of aliphatic hydroxyl groups excluding tert-OH is 1. The summed E-state index contributed by atoms with van der Waals surface area (Å²) in [5, 5.41) is 17.8. The van der Waals surface area contributed by atoms with E-state index in [1.807, 2.05) is 30.3 Å². The minimum absolute atomic E-state index is 0.134. The van der Waals surface area contributed by atoms with E-state index in [1.165, 1.54) is 0 Å². The summed E-state index contributed by atoms with van der Waals surface area (Å²) in [6.45, 7) is -0.134. The Morgan fingerprint density at radius 2 is 2.18 bits per heavy atom. The number of rotatable bonds is 2. The third-order valence-corrected chi connectivity index (χ3v) is 2.62. The van der Waals surface area contributed by atoms with Crippen molar-refractivity contribution in [3.8, 4) is 5.69 Å². The summed E-state index contributed by atoms with van der Waals surface area (Å²) in [6, 6.07) is 9.74. The van der Waals surface area contributed by atoms with E-state index in [0.717, 1.165) is 16.6 Å². The number of nitrogens with zero attached hydrogens (tertiary/aromatic N) is 4. The number of aliphatic hydroxyl groups is 1. The van der Waals surface area contributed by atoms with Gasteiger partial charge in [-0.05, 0) is 24.3 Å². The molecule has 0 aliphatic rings. The van der Waals surface area contributed by atoms with Crippen molar-refractivity contribution in [1.82, 2.24) is 19.7 Å². The van der Waals surface area contributed by atoms with Crippen LogP contribution in [0.4, 0.5) is 0 Å². The summed E-state index contributed by atoms with van der Waals surface area (Å²) < 4.78 is 1.76. The van der Waals surface area contributed by atoms with Gasteiger partial charge in [-0.15, -0.1) is 10.2 Å². The van der Waals surface area contributed by atoms with Crippen LogP contribution in [0.15, 0.2) is 42.9 Å². The molecule has 0 spiro atoms. The van der Waals surface area contributed by atoms with E-state index in [1.54, 1.807) is 17.1 Å². The van der Waals surface area contributed by atoms with Crippen LogP contribution >= 0.6 is 0 Å². The zero-order chi connectivity index (χ0) is 11.7. The van der Waals surface area contributed by atoms with Crippen molar-refractivity contribution < 1.29 is 5.11 Å². The molecule has 3 aromatic rings. The van der Waals surface area contributed by atoms with Crippen LogP contribution in [0.25, 0.3) is 16.6 Å². The van der Waals surface area contributed by atoms with Gasteiger partial charge in [-0.2, -0.15) is 0 Å². The highest BCUT2D eigenvalue weighted by Crippen LogP contribution is 2.17. The highest BCUT2D eigenvalue weighted by molar-refractivity contribution is 5.80. The summed E-state index contributed by atoms with van der Waals surface area (Å²) in [7, 11) is 0. The minimum atomic E-state index is -0.134. The fourth-order valence-corrected chi connectivity index (χ4v) is 1.80. The Morgan fingerprint density at radius 1 is 1.24 bits per heavy atom. The smallest absolute Gasteiger partial charge is 0.163 e. The van der Waals surface area contributed by atoms with E-state index in [-0.39, 0.29) is 6.61 Å². The molecule has 1 aromatic carbocycles. The molecular formula is C12H10N4O. The highest BCUT2D eigenvalue weighted by atomic mass is 16.3. The quantitative estimate of drug-likeness (QED) is 0.715. The standard InChI is InChI=1S/C12H10N4O/c17-7-12-15-14-8-16(12)10-3-4-11-9(6-10)2-1-5-13-11/h1-6,8,17H,7H2. The van der Waals surface area contributed by atoms with E-state index in [4.69, 9.17) is 5.11 Å². The van der Waals surface area contributed by atoms with Crippen LogP contribution < -0.4 is 0 Å². The number of hydrogen-bond donors (Lipinski definition) is 1. The number of hydrogen-bond acceptors (Lipinski definition) is 4. The van der Waals surface area contributed by atoms with E-state index in [2.05, 4.69) is 15.2 Å². The average Bonchev–Trinajstić information content (AvgIpc) is 2.86. The molecule has 17 heavy (non-hydrogen) atoms. The zero-order valence-electron chi connectivity index (χ0n) is 8.98. The molecule has 0 aliphatic carbocycles. The number of aromatic nitrogens is 4. The minimum Gasteiger partial charge on any atom is -0.388 e. The molecule has 0 unspecified atom stereocenters. The maximum absolute atomic E-state index is 9.15. The molecule has 0 saturated heterocycles. The molecule has 2 aromatic heterocycles. The first-order chi connectivity index (χ1) is 8.38. The summed E-state index contributed by atoms with van der Waals surface area (Å²) in [5.74, 6) is 0.522. The van der Waals surface area contributed by atoms with Crippen LogP contribution in [0.5, 0.6) is 0 Å². The predicted octanol–water partition coefficient (Wildman–Crippen LogP) is 1.31. The van der Waals surface area contributed by atoms with Gasteiger partial charge in [-0.3, -0.25) is 9.55 Å². The summed E-state index contributed by atoms with van der Waals surface area (Å²) in [6.07, 6.45) is 3.35. The average molecular weight is 226 g/mol. The number of fused-ring (bicyclic) bond motifs is 1. The molecule has 0 aliphatic heterocycles. The van der Waals surface area contributed by atoms with E-state index < -0.39 is 0 Å². The summed E-state index contributed by atoms with van der Waals surface area (Å²) >= 11 is 0. The lowest BCUT2D eigenvalue weighted by Gasteiger charge is -2.05. The predicted molar refractivity (Wildman–Crippen MR) is 62.6 cm³/mol. The van der Waals surface area contributed by atoms with Crippen LogP contribution in [-0.4, -0.2) is 24.9 Å². The van der Waals surface area contributed by atoms with E-state index >= 15 is 0 Å². The SMILES string of the molecule is OCc1nncn1-c1ccc2ncccc2c1. The third-order valence-electron chi connectivity index (χ3n) is 2.62. The molecule has 2 heterocycles. The van der Waals surface area contributed by atoms with E-state index in [9.17, 15) is 0 Å². The van der Waals surface area contributed by atoms with Gasteiger partial charge in [-0.25, -0.2) is 0 Å². The Hall–Kier alpha value is -2.27. The van der Waals surface area contributed by atoms with Crippen molar-refractivity contribution in [3.63, 3.8) is 0 Å². The molecule has 5 heteroatoms. The Kier molecular flexibility index (Phi) is 2.31. The molecule has 0 radical (unpaired) electrons. The lowest BCUT2D eigenvalue weighted by atomic mass is 10.2. The molecule has 0 saturated carbocycles. The summed E-state index contributed by atoms with van der Waals surface area (Å²) in [4.78, 5) is 4.26. The van der Waals surface area contributed by atoms with Crippen LogP contribution in [0, 0.1) is 0 Å². The fourth-order valence-electron chi connectivity index (χ4n) is 1.80. The van der Waals surface area contributed by atoms with Gasteiger partial charge >= 0.3 is 0 Å². The van der Waals surface area contributed by atoms with Gasteiger partial charge in [0.25, 0.3) is 0 Å². The molecule has 0 amide bonds. The van der Waals surface area contributed by atoms with Gasteiger partial charge in [0.15, 0.2) is 5.82 Å². The van der Waals surface area contributed by atoms with Crippen LogP contribution in [-0.2, 0) is 6.61 Å². The van der Waals surface area contributed by atoms with Crippen molar-refractivity contribution in [2.24, 2.45) is 0 Å². The molecule has 84 valence electrons. The molecule has 0 bridgehead atoms. The van der Waals surface area contributed by atoms with Gasteiger partial charge in [0.1, 0.15) is 12.9 Å². The Bertz CT molecular complexity index is 662. The first kappa shape index (κ1) is 9.92. The molecule has 5 nitrogen and oxygen atoms in total. The normalized spacial score (nSPS) is 10.9. The van der Waals surface area contributed by atoms with Crippen molar-refractivity contribution in [2.75, 3.05) is 0 Å². The Morgan fingerprint density at radius 3 is 3.06 bits per heavy atom. The lowest BCUT2D eigenvalue weighted by Crippen LogP contribution is -1.99. The highest BCUT2D eigenvalue weighted by Gasteiger charge is 2.05. The van der Waals surface area contributed by atoms with Crippen LogP contribution in [0.2, 0.25) is 0 Å². The Balaban J connectivity index is 2.18. The summed E-state index contributed by atoms with van der Waals surface area (Å²) in [5.41, 5.74) is 1.86. The number of benzene rings is 1. The fraction of sp³-hybridized carbons (Fsp3) is 0.0833. The first-order valence-electron chi connectivity index (χ1n) is 5.23. The van der Waals surface area contributed by atoms with Crippen molar-refractivity contribution in [2.45, 2.75) is 6.61 Å². The Labute approximate surface area is 97.4 Å². The lowest BCUT2D eigenvalue weighted by molar-refractivity contribution is 0.269. The van der Waals surface area contributed by atoms with Crippen molar-refractivity contribution in [3.05, 3.63) is 48.7 Å². The van der Waals surface area contributed by atoms with E-state index in [0.29, 0.717) is 5.82 Å². The van der Waals surface area contributed by atoms with Gasteiger partial charge in [0.05, 0.1) is 5.52 Å². The largest absolute Gasteiger partial charge is 0.388 e. The second kappa shape index (κ2) is 3.95. The van der Waals surface area contributed by atoms with Gasteiger partial charge in [0.2, 0.25) is 0 Å². The third kappa shape index (κ3) is 1.66. The number of pyridine rings is 1. The topological polar surface area (TPSA) is 63.8 Å². The van der Waals surface area contributed by atoms with Gasteiger partial charge < -0.3 is 5.11 Å². The maximum Gasteiger partial charge on any atom is 0.163 e. The molecule has 1 N–H and O–H groups in total. The van der Waals surface area contributed by atoms with Crippen LogP contribution in [0.1, 0.15) is 5.82 Å². The second-order valence-corrected chi connectivity index (χ2v) is 3.66. The molecular weight excluding hydrogens is 216 g/mol. The van der Waals surface area contributed by atoms with Gasteiger partial charge in [-0.1, -0.05) is 6.07 Å². The van der Waals surface area contributed by atoms with Crippen molar-refractivity contribution in [1.29, 1.82) is 0 Å². The second-order valence-electron chi connectivity index (χ2n) is 3.66. The van der Waals surface area contributed by atoms with Gasteiger partial charge in [0, 0.05) is 17.3 Å².